The fourth-order valence-electron chi connectivity index (χ4n) is 1.68. The molecule has 0 saturated carbocycles. The highest BCUT2D eigenvalue weighted by Gasteiger charge is 2.16. The fourth-order valence-corrected chi connectivity index (χ4v) is 1.68. The summed E-state index contributed by atoms with van der Waals surface area (Å²) in [5.74, 6) is 0.103. The van der Waals surface area contributed by atoms with Crippen LogP contribution >= 0.6 is 0 Å². The van der Waals surface area contributed by atoms with Crippen molar-refractivity contribution in [3.8, 4) is 0 Å². The number of aryl methyl sites for hydroxylation is 1. The number of nitrogens with two attached hydrogens (primary N) is 1. The van der Waals surface area contributed by atoms with Crippen LogP contribution in [-0.4, -0.2) is 54.3 Å². The number of hydrogen-bond acceptors (Lipinski definition) is 5. The molecule has 3 N–H and O–H groups in total. The molecule has 0 fully saturated rings. The van der Waals surface area contributed by atoms with Gasteiger partial charge in [-0.3, -0.25) is 4.79 Å². The number of aliphatic hydroxyl groups excluding tert-OH is 1. The summed E-state index contributed by atoms with van der Waals surface area (Å²) in [5, 5.41) is 9.57. The van der Waals surface area contributed by atoms with Gasteiger partial charge in [-0.25, -0.2) is 4.98 Å². The van der Waals surface area contributed by atoms with Crippen molar-refractivity contribution in [1.29, 1.82) is 0 Å². The largest absolute Gasteiger partial charge is 0.389 e. The van der Waals surface area contributed by atoms with E-state index in [0.717, 1.165) is 0 Å². The Balaban J connectivity index is 2.74. The zero-order valence-electron chi connectivity index (χ0n) is 10.9. The lowest BCUT2D eigenvalue weighted by Crippen LogP contribution is -2.36. The van der Waals surface area contributed by atoms with Crippen LogP contribution in [0.3, 0.4) is 0 Å². The molecule has 1 aromatic heterocycles. The minimum Gasteiger partial charge on any atom is -0.389 e. The van der Waals surface area contributed by atoms with E-state index in [4.69, 9.17) is 10.5 Å². The zero-order valence-corrected chi connectivity index (χ0v) is 10.9. The van der Waals surface area contributed by atoms with E-state index in [9.17, 15) is 9.90 Å². The molecule has 100 valence electrons. The van der Waals surface area contributed by atoms with E-state index in [0.29, 0.717) is 17.1 Å². The molecule has 0 saturated heterocycles. The van der Waals surface area contributed by atoms with Crippen molar-refractivity contribution < 1.29 is 14.6 Å². The lowest BCUT2D eigenvalue weighted by atomic mass is 10.2. The molecule has 0 aliphatic heterocycles. The van der Waals surface area contributed by atoms with Crippen molar-refractivity contribution in [2.45, 2.75) is 13.0 Å². The molecule has 1 rings (SSSR count). The van der Waals surface area contributed by atoms with E-state index >= 15 is 0 Å². The van der Waals surface area contributed by atoms with Crippen LogP contribution in [-0.2, 0) is 4.74 Å². The van der Waals surface area contributed by atoms with E-state index in [1.54, 1.807) is 20.0 Å². The molecule has 0 radical (unpaired) electrons. The lowest BCUT2D eigenvalue weighted by Gasteiger charge is -2.20. The number of rotatable bonds is 5. The van der Waals surface area contributed by atoms with Gasteiger partial charge in [0.25, 0.3) is 5.91 Å². The SMILES string of the molecule is COCC(O)CN(C)C(=O)c1cc(C)nc(N)c1. The zero-order chi connectivity index (χ0) is 13.7. The van der Waals surface area contributed by atoms with Gasteiger partial charge in [-0.1, -0.05) is 0 Å². The van der Waals surface area contributed by atoms with Crippen LogP contribution in [0.4, 0.5) is 5.82 Å². The van der Waals surface area contributed by atoms with Crippen molar-refractivity contribution in [2.24, 2.45) is 0 Å². The first kappa shape index (κ1) is 14.4. The molecule has 6 heteroatoms. The first-order valence-corrected chi connectivity index (χ1v) is 5.60. The van der Waals surface area contributed by atoms with Gasteiger partial charge in [0.15, 0.2) is 0 Å². The van der Waals surface area contributed by atoms with Gasteiger partial charge >= 0.3 is 0 Å². The van der Waals surface area contributed by atoms with Crippen LogP contribution < -0.4 is 5.73 Å². The van der Waals surface area contributed by atoms with E-state index in [1.807, 2.05) is 0 Å². The molecule has 1 heterocycles. The summed E-state index contributed by atoms with van der Waals surface area (Å²) in [6.45, 7) is 2.16. The molecule has 18 heavy (non-hydrogen) atoms. The maximum absolute atomic E-state index is 12.1. The van der Waals surface area contributed by atoms with Crippen molar-refractivity contribution in [3.05, 3.63) is 23.4 Å². The number of carbonyl (C=O) groups is 1. The molecule has 1 aromatic rings. The predicted octanol–water partition coefficient (Wildman–Crippen LogP) is 0.0515. The summed E-state index contributed by atoms with van der Waals surface area (Å²) >= 11 is 0. The van der Waals surface area contributed by atoms with Crippen LogP contribution in [0.5, 0.6) is 0 Å². The average molecular weight is 253 g/mol. The van der Waals surface area contributed by atoms with Gasteiger partial charge in [-0.05, 0) is 19.1 Å². The van der Waals surface area contributed by atoms with Gasteiger partial charge in [0.2, 0.25) is 0 Å². The smallest absolute Gasteiger partial charge is 0.253 e. The molecule has 1 atom stereocenters. The minimum absolute atomic E-state index is 0.190. The van der Waals surface area contributed by atoms with E-state index in [-0.39, 0.29) is 19.1 Å². The third-order valence-corrected chi connectivity index (χ3v) is 2.41. The number of nitrogens with zero attached hydrogens (tertiary/aromatic N) is 2. The number of amides is 1. The minimum atomic E-state index is -0.704. The Morgan fingerprint density at radius 1 is 1.61 bits per heavy atom. The van der Waals surface area contributed by atoms with Crippen LogP contribution in [0.1, 0.15) is 16.1 Å². The summed E-state index contributed by atoms with van der Waals surface area (Å²) in [5.41, 5.74) is 6.74. The molecule has 6 nitrogen and oxygen atoms in total. The number of likely N-dealkylation sites (N-methyl/N-ethyl adjacent to an activating group) is 1. The summed E-state index contributed by atoms with van der Waals surface area (Å²) in [6.07, 6.45) is -0.704. The number of aromatic nitrogens is 1. The van der Waals surface area contributed by atoms with Crippen molar-refractivity contribution in [3.63, 3.8) is 0 Å². The molecular weight excluding hydrogens is 234 g/mol. The average Bonchev–Trinajstić information content (AvgIpc) is 2.26. The van der Waals surface area contributed by atoms with E-state index in [2.05, 4.69) is 4.98 Å². The molecule has 1 unspecified atom stereocenters. The standard InChI is InChI=1S/C12H19N3O3/c1-8-4-9(5-11(13)14-8)12(17)15(2)6-10(16)7-18-3/h4-5,10,16H,6-7H2,1-3H3,(H2,13,14). The Morgan fingerprint density at radius 3 is 2.83 bits per heavy atom. The van der Waals surface area contributed by atoms with Crippen LogP contribution in [0.15, 0.2) is 12.1 Å². The van der Waals surface area contributed by atoms with Crippen LogP contribution in [0.2, 0.25) is 0 Å². The Labute approximate surface area is 106 Å². The topological polar surface area (TPSA) is 88.7 Å². The predicted molar refractivity (Wildman–Crippen MR) is 68.2 cm³/mol. The Hall–Kier alpha value is -1.66. The maximum Gasteiger partial charge on any atom is 0.253 e. The third kappa shape index (κ3) is 3.97. The van der Waals surface area contributed by atoms with Gasteiger partial charge in [0.05, 0.1) is 12.7 Å². The number of hydrogen-bond donors (Lipinski definition) is 2. The van der Waals surface area contributed by atoms with Gasteiger partial charge < -0.3 is 20.5 Å². The first-order valence-electron chi connectivity index (χ1n) is 5.60. The van der Waals surface area contributed by atoms with Crippen LogP contribution in [0, 0.1) is 6.92 Å². The highest BCUT2D eigenvalue weighted by atomic mass is 16.5. The number of carbonyl (C=O) groups excluding carboxylic acids is 1. The quantitative estimate of drug-likeness (QED) is 0.774. The van der Waals surface area contributed by atoms with Crippen molar-refractivity contribution in [1.82, 2.24) is 9.88 Å². The number of ether oxygens (including phenoxy) is 1. The maximum atomic E-state index is 12.1. The number of nitrogen functional groups attached to an aromatic ring is 1. The summed E-state index contributed by atoms with van der Waals surface area (Å²) in [7, 11) is 3.12. The van der Waals surface area contributed by atoms with Crippen LogP contribution in [0.25, 0.3) is 0 Å². The molecule has 0 bridgehead atoms. The Bertz CT molecular complexity index is 403. The highest BCUT2D eigenvalue weighted by molar-refractivity contribution is 5.94. The Morgan fingerprint density at radius 2 is 2.28 bits per heavy atom. The monoisotopic (exact) mass is 253 g/mol. The second-order valence-corrected chi connectivity index (χ2v) is 4.22. The molecule has 0 aliphatic rings. The van der Waals surface area contributed by atoms with Gasteiger partial charge in [0, 0.05) is 32.0 Å². The number of aliphatic hydroxyl groups is 1. The number of anilines is 1. The third-order valence-electron chi connectivity index (χ3n) is 2.41. The summed E-state index contributed by atoms with van der Waals surface area (Å²) in [4.78, 5) is 17.5. The van der Waals surface area contributed by atoms with Gasteiger partial charge in [-0.2, -0.15) is 0 Å². The number of methoxy groups -OCH3 is 1. The molecular formula is C12H19N3O3. The molecule has 0 aliphatic carbocycles. The lowest BCUT2D eigenvalue weighted by molar-refractivity contribution is 0.0380. The normalized spacial score (nSPS) is 12.2. The van der Waals surface area contributed by atoms with E-state index < -0.39 is 6.10 Å². The molecule has 1 amide bonds. The fraction of sp³-hybridized carbons (Fsp3) is 0.500. The Kier molecular flexibility index (Phi) is 5.06. The summed E-state index contributed by atoms with van der Waals surface area (Å²) in [6, 6.07) is 3.19. The van der Waals surface area contributed by atoms with E-state index in [1.165, 1.54) is 18.1 Å². The second-order valence-electron chi connectivity index (χ2n) is 4.22. The summed E-state index contributed by atoms with van der Waals surface area (Å²) < 4.78 is 4.81. The first-order chi connectivity index (χ1) is 8.43. The van der Waals surface area contributed by atoms with Gasteiger partial charge in [0.1, 0.15) is 5.82 Å². The highest BCUT2D eigenvalue weighted by Crippen LogP contribution is 2.09. The second kappa shape index (κ2) is 6.32. The number of pyridine rings is 1. The molecule has 0 spiro atoms. The molecule has 0 aromatic carbocycles. The van der Waals surface area contributed by atoms with Crippen molar-refractivity contribution >= 4 is 11.7 Å². The van der Waals surface area contributed by atoms with Crippen molar-refractivity contribution in [2.75, 3.05) is 33.0 Å². The van der Waals surface area contributed by atoms with Gasteiger partial charge in [-0.15, -0.1) is 0 Å².